The molecule has 0 saturated heterocycles. The first-order chi connectivity index (χ1) is 9.74. The first-order valence-electron chi connectivity index (χ1n) is 7.92. The number of hydrogen-bond donors (Lipinski definition) is 1. The molecule has 0 bridgehead atoms. The minimum Gasteiger partial charge on any atom is -0.352 e. The summed E-state index contributed by atoms with van der Waals surface area (Å²) in [5.74, 6) is 0.198. The molecule has 0 spiro atoms. The third-order valence-corrected chi connectivity index (χ3v) is 4.79. The Balaban J connectivity index is 1.54. The van der Waals surface area contributed by atoms with Crippen LogP contribution in [-0.4, -0.2) is 34.5 Å². The molecule has 1 aliphatic heterocycles. The van der Waals surface area contributed by atoms with E-state index in [1.807, 2.05) is 0 Å². The lowest BCUT2D eigenvalue weighted by molar-refractivity contribution is -0.124. The maximum absolute atomic E-state index is 12.2. The molecule has 1 aromatic heterocycles. The Morgan fingerprint density at radius 3 is 2.90 bits per heavy atom. The lowest BCUT2D eigenvalue weighted by atomic mass is 9.95. The smallest absolute Gasteiger partial charge is 0.234 e. The van der Waals surface area contributed by atoms with Crippen molar-refractivity contribution in [1.29, 1.82) is 0 Å². The number of nitrogens with zero attached hydrogens (tertiary/aromatic N) is 2. The molecular formula is C16H25N3O. The lowest BCUT2D eigenvalue weighted by Gasteiger charge is -2.34. The predicted molar refractivity (Wildman–Crippen MR) is 79.4 cm³/mol. The minimum atomic E-state index is 0.198. The van der Waals surface area contributed by atoms with Crippen molar-refractivity contribution < 1.29 is 4.79 Å². The van der Waals surface area contributed by atoms with Crippen LogP contribution < -0.4 is 5.32 Å². The van der Waals surface area contributed by atoms with Gasteiger partial charge in [0.15, 0.2) is 0 Å². The molecule has 4 heteroatoms. The zero-order valence-electron chi connectivity index (χ0n) is 12.3. The van der Waals surface area contributed by atoms with Gasteiger partial charge in [0.2, 0.25) is 5.91 Å². The van der Waals surface area contributed by atoms with Crippen molar-refractivity contribution in [3.63, 3.8) is 0 Å². The maximum Gasteiger partial charge on any atom is 0.234 e. The highest BCUT2D eigenvalue weighted by atomic mass is 16.2. The number of carbonyl (C=O) groups excluding carboxylic acids is 1. The van der Waals surface area contributed by atoms with Crippen LogP contribution in [0, 0.1) is 0 Å². The van der Waals surface area contributed by atoms with E-state index in [4.69, 9.17) is 0 Å². The number of fused-ring (bicyclic) bond motifs is 1. The van der Waals surface area contributed by atoms with Gasteiger partial charge in [-0.05, 0) is 31.9 Å². The van der Waals surface area contributed by atoms with E-state index in [0.717, 1.165) is 25.9 Å². The van der Waals surface area contributed by atoms with Crippen LogP contribution >= 0.6 is 0 Å². The second kappa shape index (κ2) is 6.00. The third-order valence-electron chi connectivity index (χ3n) is 4.79. The molecule has 3 rings (SSSR count). The summed E-state index contributed by atoms with van der Waals surface area (Å²) in [6, 6.07) is 5.00. The predicted octanol–water partition coefficient (Wildman–Crippen LogP) is 2.31. The Kier molecular flexibility index (Phi) is 4.10. The zero-order chi connectivity index (χ0) is 13.9. The molecule has 0 radical (unpaired) electrons. The molecule has 20 heavy (non-hydrogen) atoms. The van der Waals surface area contributed by atoms with Crippen LogP contribution in [0.15, 0.2) is 18.3 Å². The number of rotatable bonds is 3. The summed E-state index contributed by atoms with van der Waals surface area (Å²) in [4.78, 5) is 14.5. The van der Waals surface area contributed by atoms with Crippen LogP contribution in [0.3, 0.4) is 0 Å². The van der Waals surface area contributed by atoms with Gasteiger partial charge in [0.25, 0.3) is 0 Å². The molecule has 1 fully saturated rings. The normalized spacial score (nSPS) is 24.4. The Labute approximate surface area is 121 Å². The van der Waals surface area contributed by atoms with Gasteiger partial charge in [-0.2, -0.15) is 0 Å². The molecule has 1 amide bonds. The minimum absolute atomic E-state index is 0.198. The number of amides is 1. The van der Waals surface area contributed by atoms with Crippen molar-refractivity contribution in [3.8, 4) is 0 Å². The van der Waals surface area contributed by atoms with Gasteiger partial charge in [-0.25, -0.2) is 0 Å². The molecule has 1 saturated carbocycles. The summed E-state index contributed by atoms with van der Waals surface area (Å²) >= 11 is 0. The Hall–Kier alpha value is -1.29. The number of hydrogen-bond acceptors (Lipinski definition) is 2. The Bertz CT molecular complexity index is 462. The molecule has 4 nitrogen and oxygen atoms in total. The summed E-state index contributed by atoms with van der Waals surface area (Å²) in [7, 11) is 0. The molecule has 1 atom stereocenters. The molecule has 0 unspecified atom stereocenters. The third kappa shape index (κ3) is 2.90. The van der Waals surface area contributed by atoms with Crippen LogP contribution in [0.4, 0.5) is 0 Å². The van der Waals surface area contributed by atoms with Gasteiger partial charge in [0.1, 0.15) is 0 Å². The van der Waals surface area contributed by atoms with Gasteiger partial charge in [-0.3, -0.25) is 9.69 Å². The van der Waals surface area contributed by atoms with Gasteiger partial charge in [-0.1, -0.05) is 19.3 Å². The fourth-order valence-corrected chi connectivity index (χ4v) is 3.55. The molecule has 1 aromatic rings. The van der Waals surface area contributed by atoms with E-state index in [9.17, 15) is 4.79 Å². The highest BCUT2D eigenvalue weighted by molar-refractivity contribution is 5.78. The lowest BCUT2D eigenvalue weighted by Crippen LogP contribution is -2.46. The summed E-state index contributed by atoms with van der Waals surface area (Å²) < 4.78 is 2.29. The summed E-state index contributed by atoms with van der Waals surface area (Å²) in [6.07, 6.45) is 8.29. The van der Waals surface area contributed by atoms with Crippen molar-refractivity contribution in [2.24, 2.45) is 0 Å². The largest absolute Gasteiger partial charge is 0.352 e. The fourth-order valence-electron chi connectivity index (χ4n) is 3.55. The highest BCUT2D eigenvalue weighted by Gasteiger charge is 2.25. The van der Waals surface area contributed by atoms with Crippen LogP contribution in [0.2, 0.25) is 0 Å². The van der Waals surface area contributed by atoms with E-state index >= 15 is 0 Å². The summed E-state index contributed by atoms with van der Waals surface area (Å²) in [6.45, 7) is 4.67. The van der Waals surface area contributed by atoms with E-state index in [2.05, 4.69) is 40.0 Å². The number of aromatic nitrogens is 1. The van der Waals surface area contributed by atoms with E-state index < -0.39 is 0 Å². The van der Waals surface area contributed by atoms with Crippen molar-refractivity contribution in [2.45, 2.75) is 57.7 Å². The van der Waals surface area contributed by atoms with Crippen molar-refractivity contribution in [3.05, 3.63) is 24.0 Å². The Morgan fingerprint density at radius 2 is 2.10 bits per heavy atom. The topological polar surface area (TPSA) is 37.3 Å². The zero-order valence-corrected chi connectivity index (χ0v) is 12.3. The second-order valence-corrected chi connectivity index (χ2v) is 6.18. The maximum atomic E-state index is 12.2. The first-order valence-corrected chi connectivity index (χ1v) is 7.92. The monoisotopic (exact) mass is 275 g/mol. The van der Waals surface area contributed by atoms with Crippen molar-refractivity contribution >= 4 is 5.91 Å². The Morgan fingerprint density at radius 1 is 1.30 bits per heavy atom. The van der Waals surface area contributed by atoms with Crippen LogP contribution in [0.1, 0.15) is 50.8 Å². The van der Waals surface area contributed by atoms with Crippen molar-refractivity contribution in [1.82, 2.24) is 14.8 Å². The van der Waals surface area contributed by atoms with Crippen LogP contribution in [0.5, 0.6) is 0 Å². The number of carbonyl (C=O) groups is 1. The summed E-state index contributed by atoms with van der Waals surface area (Å²) in [5, 5.41) is 3.22. The molecular weight excluding hydrogens is 250 g/mol. The standard InChI is InChI=1S/C16H25N3O/c1-13-15-8-5-9-18(15)10-11-19(13)12-16(20)17-14-6-3-2-4-7-14/h5,8-9,13-14H,2-4,6-7,10-12H2,1H3,(H,17,20)/t13-/m0/s1. The van der Waals surface area contributed by atoms with E-state index in [1.165, 1.54) is 25.0 Å². The molecule has 1 N–H and O–H groups in total. The quantitative estimate of drug-likeness (QED) is 0.919. The molecule has 0 aromatic carbocycles. The van der Waals surface area contributed by atoms with Gasteiger partial charge >= 0.3 is 0 Å². The van der Waals surface area contributed by atoms with Gasteiger partial charge in [0, 0.05) is 37.1 Å². The average Bonchev–Trinajstić information content (AvgIpc) is 2.92. The molecule has 2 heterocycles. The van der Waals surface area contributed by atoms with E-state index in [0.29, 0.717) is 18.6 Å². The van der Waals surface area contributed by atoms with Crippen molar-refractivity contribution in [2.75, 3.05) is 13.1 Å². The van der Waals surface area contributed by atoms with Gasteiger partial charge in [-0.15, -0.1) is 0 Å². The molecule has 1 aliphatic carbocycles. The van der Waals surface area contributed by atoms with Gasteiger partial charge < -0.3 is 9.88 Å². The second-order valence-electron chi connectivity index (χ2n) is 6.18. The van der Waals surface area contributed by atoms with Crippen LogP contribution in [0.25, 0.3) is 0 Å². The van der Waals surface area contributed by atoms with Gasteiger partial charge in [0.05, 0.1) is 6.54 Å². The van der Waals surface area contributed by atoms with E-state index in [1.54, 1.807) is 0 Å². The summed E-state index contributed by atoms with van der Waals surface area (Å²) in [5.41, 5.74) is 1.32. The fraction of sp³-hybridized carbons (Fsp3) is 0.688. The highest BCUT2D eigenvalue weighted by Crippen LogP contribution is 2.25. The van der Waals surface area contributed by atoms with Crippen LogP contribution in [-0.2, 0) is 11.3 Å². The SMILES string of the molecule is C[C@H]1c2cccn2CCN1CC(=O)NC1CCCCC1. The first kappa shape index (κ1) is 13.7. The molecule has 2 aliphatic rings. The number of nitrogens with one attached hydrogen (secondary N) is 1. The molecule has 110 valence electrons. The van der Waals surface area contributed by atoms with E-state index in [-0.39, 0.29) is 5.91 Å². The average molecular weight is 275 g/mol.